The van der Waals surface area contributed by atoms with Crippen molar-refractivity contribution in [3.63, 3.8) is 0 Å². The molecule has 2 unspecified atom stereocenters. The first kappa shape index (κ1) is 28.0. The average molecular weight is 632 g/mol. The molecule has 7 aromatic rings. The molecule has 0 radical (unpaired) electrons. The number of anilines is 2. The van der Waals surface area contributed by atoms with E-state index in [1.54, 1.807) is 0 Å². The van der Waals surface area contributed by atoms with Gasteiger partial charge in [-0.05, 0) is 89.7 Å². The smallest absolute Gasteiger partial charge is 0.137 e. The molecule has 0 fully saturated rings. The van der Waals surface area contributed by atoms with Gasteiger partial charge in [-0.15, -0.1) is 0 Å². The van der Waals surface area contributed by atoms with Crippen LogP contribution in [0.15, 0.2) is 190 Å². The van der Waals surface area contributed by atoms with E-state index in [4.69, 9.17) is 8.83 Å². The Hall–Kier alpha value is -6.06. The number of hydrogen-bond donors (Lipinski definition) is 0. The molecular weight excluding hydrogens is 599 g/mol. The first-order valence-electron chi connectivity index (χ1n) is 17.2. The standard InChI is InChI=1S/C46H33NO2/c1-2-17-36-30(11-1)12-9-20-37(36)33-14-8-16-35(28-33)47(41-21-10-24-44-46(41)40-19-4-6-23-43(40)48-44)34-15-7-13-31(27-34)32-25-26-39-38-18-3-5-22-42(38)49-45(39)29-32/h1-7,9-15,17-30,36H,8,16H2. The quantitative estimate of drug-likeness (QED) is 0.189. The Labute approximate surface area is 284 Å². The monoisotopic (exact) mass is 631 g/mol. The summed E-state index contributed by atoms with van der Waals surface area (Å²) in [7, 11) is 0. The molecule has 0 N–H and O–H groups in total. The first-order chi connectivity index (χ1) is 24.3. The van der Waals surface area contributed by atoms with Gasteiger partial charge in [-0.3, -0.25) is 0 Å². The predicted molar refractivity (Wildman–Crippen MR) is 203 cm³/mol. The highest BCUT2D eigenvalue weighted by Gasteiger charge is 2.27. The zero-order valence-electron chi connectivity index (χ0n) is 26.9. The fourth-order valence-corrected chi connectivity index (χ4v) is 8.00. The molecule has 0 bridgehead atoms. The number of benzene rings is 5. The van der Waals surface area contributed by atoms with Crippen LogP contribution in [-0.4, -0.2) is 0 Å². The minimum absolute atomic E-state index is 0.350. The summed E-state index contributed by atoms with van der Waals surface area (Å²) >= 11 is 0. The molecule has 2 atom stereocenters. The van der Waals surface area contributed by atoms with Gasteiger partial charge in [-0.2, -0.15) is 0 Å². The van der Waals surface area contributed by atoms with E-state index < -0.39 is 0 Å². The molecule has 49 heavy (non-hydrogen) atoms. The van der Waals surface area contributed by atoms with Crippen LogP contribution >= 0.6 is 0 Å². The summed E-state index contributed by atoms with van der Waals surface area (Å²) in [5.74, 6) is 0.746. The van der Waals surface area contributed by atoms with Crippen molar-refractivity contribution < 1.29 is 8.83 Å². The molecule has 2 heterocycles. The van der Waals surface area contributed by atoms with E-state index in [2.05, 4.69) is 151 Å². The normalized spacial score (nSPS) is 18.6. The molecule has 5 aromatic carbocycles. The number of furan rings is 2. The summed E-state index contributed by atoms with van der Waals surface area (Å²) in [4.78, 5) is 2.47. The number of allylic oxidation sites excluding steroid dienone is 12. The molecular formula is C46H33NO2. The molecule has 3 heteroatoms. The van der Waals surface area contributed by atoms with E-state index in [1.165, 1.54) is 16.8 Å². The summed E-state index contributed by atoms with van der Waals surface area (Å²) in [6.07, 6.45) is 22.6. The minimum Gasteiger partial charge on any atom is -0.456 e. The van der Waals surface area contributed by atoms with Gasteiger partial charge in [0.2, 0.25) is 0 Å². The fourth-order valence-electron chi connectivity index (χ4n) is 8.00. The number of hydrogen-bond acceptors (Lipinski definition) is 3. The lowest BCUT2D eigenvalue weighted by atomic mass is 9.76. The molecule has 0 amide bonds. The molecule has 0 aliphatic heterocycles. The van der Waals surface area contributed by atoms with Gasteiger partial charge >= 0.3 is 0 Å². The largest absolute Gasteiger partial charge is 0.456 e. The maximum Gasteiger partial charge on any atom is 0.137 e. The Kier molecular flexibility index (Phi) is 6.45. The Balaban J connectivity index is 1.14. The van der Waals surface area contributed by atoms with Gasteiger partial charge in [0, 0.05) is 39.4 Å². The zero-order chi connectivity index (χ0) is 32.3. The maximum atomic E-state index is 6.40. The Morgan fingerprint density at radius 1 is 0.592 bits per heavy atom. The van der Waals surface area contributed by atoms with Gasteiger partial charge in [-0.25, -0.2) is 0 Å². The van der Waals surface area contributed by atoms with E-state index >= 15 is 0 Å². The van der Waals surface area contributed by atoms with Crippen LogP contribution in [0, 0.1) is 11.8 Å². The fraction of sp³-hybridized carbons (Fsp3) is 0.0870. The van der Waals surface area contributed by atoms with Crippen molar-refractivity contribution >= 4 is 55.3 Å². The van der Waals surface area contributed by atoms with Crippen LogP contribution in [0.2, 0.25) is 0 Å². The second-order valence-electron chi connectivity index (χ2n) is 13.2. The maximum absolute atomic E-state index is 6.40. The third-order valence-corrected chi connectivity index (χ3v) is 10.3. The van der Waals surface area contributed by atoms with Gasteiger partial charge in [0.15, 0.2) is 0 Å². The highest BCUT2D eigenvalue weighted by molar-refractivity contribution is 6.13. The zero-order valence-corrected chi connectivity index (χ0v) is 26.9. The average Bonchev–Trinajstić information content (AvgIpc) is 3.73. The third-order valence-electron chi connectivity index (χ3n) is 10.3. The summed E-state index contributed by atoms with van der Waals surface area (Å²) in [6, 6.07) is 38.6. The van der Waals surface area contributed by atoms with Crippen LogP contribution in [0.1, 0.15) is 12.8 Å². The topological polar surface area (TPSA) is 29.5 Å². The van der Waals surface area contributed by atoms with Gasteiger partial charge in [0.05, 0.1) is 11.1 Å². The van der Waals surface area contributed by atoms with Crippen LogP contribution in [0.3, 0.4) is 0 Å². The Morgan fingerprint density at radius 2 is 1.33 bits per heavy atom. The van der Waals surface area contributed by atoms with Crippen molar-refractivity contribution in [3.8, 4) is 11.1 Å². The second-order valence-corrected chi connectivity index (χ2v) is 13.2. The number of rotatable bonds is 5. The van der Waals surface area contributed by atoms with E-state index in [0.29, 0.717) is 11.8 Å². The lowest BCUT2D eigenvalue weighted by Gasteiger charge is -2.33. The van der Waals surface area contributed by atoms with E-state index in [1.807, 2.05) is 18.2 Å². The molecule has 3 nitrogen and oxygen atoms in total. The van der Waals surface area contributed by atoms with Gasteiger partial charge in [0.1, 0.15) is 22.3 Å². The van der Waals surface area contributed by atoms with Gasteiger partial charge in [0.25, 0.3) is 0 Å². The van der Waals surface area contributed by atoms with Crippen molar-refractivity contribution in [2.24, 2.45) is 11.8 Å². The number of nitrogens with zero attached hydrogens (tertiary/aromatic N) is 1. The SMILES string of the molecule is C1=CC2C=CC=C(C3=CCCC(N(c4cccc(-c5ccc6c(c5)oc5ccccc56)c4)c4cccc5oc6ccccc6c45)=C3)C2C=C1. The van der Waals surface area contributed by atoms with Crippen molar-refractivity contribution in [1.29, 1.82) is 0 Å². The third kappa shape index (κ3) is 4.65. The first-order valence-corrected chi connectivity index (χ1v) is 17.2. The molecule has 0 spiro atoms. The molecule has 10 rings (SSSR count). The number of para-hydroxylation sites is 2. The molecule has 3 aliphatic carbocycles. The van der Waals surface area contributed by atoms with Crippen LogP contribution in [-0.2, 0) is 0 Å². The van der Waals surface area contributed by atoms with Crippen LogP contribution in [0.25, 0.3) is 55.0 Å². The summed E-state index contributed by atoms with van der Waals surface area (Å²) in [6.45, 7) is 0. The van der Waals surface area contributed by atoms with E-state index in [-0.39, 0.29) is 0 Å². The Bertz CT molecular complexity index is 2630. The van der Waals surface area contributed by atoms with Gasteiger partial charge < -0.3 is 13.7 Å². The summed E-state index contributed by atoms with van der Waals surface area (Å²) in [5, 5.41) is 4.54. The van der Waals surface area contributed by atoms with Crippen LogP contribution in [0.4, 0.5) is 11.4 Å². The molecule has 2 aromatic heterocycles. The minimum atomic E-state index is 0.350. The van der Waals surface area contributed by atoms with Crippen molar-refractivity contribution in [2.45, 2.75) is 12.8 Å². The van der Waals surface area contributed by atoms with Crippen molar-refractivity contribution in [1.82, 2.24) is 0 Å². The van der Waals surface area contributed by atoms with Crippen LogP contribution < -0.4 is 4.90 Å². The molecule has 234 valence electrons. The predicted octanol–water partition coefficient (Wildman–Crippen LogP) is 12.7. The van der Waals surface area contributed by atoms with Crippen molar-refractivity contribution in [2.75, 3.05) is 4.90 Å². The van der Waals surface area contributed by atoms with Crippen LogP contribution in [0.5, 0.6) is 0 Å². The lowest BCUT2D eigenvalue weighted by Crippen LogP contribution is -2.21. The Morgan fingerprint density at radius 3 is 2.27 bits per heavy atom. The lowest BCUT2D eigenvalue weighted by molar-refractivity contribution is 0.630. The summed E-state index contributed by atoms with van der Waals surface area (Å²) in [5.41, 5.74) is 12.1. The molecule has 0 saturated carbocycles. The second kappa shape index (κ2) is 11.3. The highest BCUT2D eigenvalue weighted by Crippen LogP contribution is 2.45. The highest BCUT2D eigenvalue weighted by atomic mass is 16.3. The summed E-state index contributed by atoms with van der Waals surface area (Å²) < 4.78 is 12.7. The molecule has 0 saturated heterocycles. The van der Waals surface area contributed by atoms with Crippen molar-refractivity contribution in [3.05, 3.63) is 181 Å². The molecule has 3 aliphatic rings. The number of fused-ring (bicyclic) bond motifs is 7. The van der Waals surface area contributed by atoms with E-state index in [0.717, 1.165) is 79.2 Å². The van der Waals surface area contributed by atoms with Gasteiger partial charge in [-0.1, -0.05) is 109 Å². The van der Waals surface area contributed by atoms with E-state index in [9.17, 15) is 0 Å².